The summed E-state index contributed by atoms with van der Waals surface area (Å²) in [4.78, 5) is 22.6. The third-order valence-electron chi connectivity index (χ3n) is 4.66. The monoisotopic (exact) mass is 310 g/mol. The summed E-state index contributed by atoms with van der Waals surface area (Å²) in [6, 6.07) is -1.02. The van der Waals surface area contributed by atoms with Crippen LogP contribution in [0.15, 0.2) is 12.2 Å². The van der Waals surface area contributed by atoms with Crippen LogP contribution >= 0.6 is 0 Å². The third kappa shape index (κ3) is 5.13. The Morgan fingerprint density at radius 1 is 1.45 bits per heavy atom. The van der Waals surface area contributed by atoms with Gasteiger partial charge in [0, 0.05) is 0 Å². The molecule has 1 aliphatic carbocycles. The van der Waals surface area contributed by atoms with Gasteiger partial charge in [0.25, 0.3) is 0 Å². The summed E-state index contributed by atoms with van der Waals surface area (Å²) in [6.07, 6.45) is 6.27. The number of hydrogen-bond acceptors (Lipinski definition) is 3. The normalized spacial score (nSPS) is 26.1. The summed E-state index contributed by atoms with van der Waals surface area (Å²) < 4.78 is 0. The van der Waals surface area contributed by atoms with Gasteiger partial charge < -0.3 is 16.2 Å². The fourth-order valence-electron chi connectivity index (χ4n) is 3.24. The summed E-state index contributed by atoms with van der Waals surface area (Å²) in [5, 5.41) is 11.5. The van der Waals surface area contributed by atoms with Crippen LogP contribution in [0.25, 0.3) is 0 Å². The van der Waals surface area contributed by atoms with Crippen molar-refractivity contribution in [2.45, 2.75) is 65.5 Å². The van der Waals surface area contributed by atoms with Crippen molar-refractivity contribution < 1.29 is 14.7 Å². The maximum absolute atomic E-state index is 11.9. The summed E-state index contributed by atoms with van der Waals surface area (Å²) in [6.45, 7) is 10.6. The molecular formula is C17H30N2O3. The number of nitrogens with two attached hydrogens (primary N) is 1. The predicted octanol–water partition coefficient (Wildman–Crippen LogP) is 2.31. The number of aliphatic carboxylic acids is 1. The minimum Gasteiger partial charge on any atom is -0.481 e. The number of carbonyl (C=O) groups excluding carboxylic acids is 1. The lowest BCUT2D eigenvalue weighted by Gasteiger charge is -2.29. The predicted molar refractivity (Wildman–Crippen MR) is 87.3 cm³/mol. The average Bonchev–Trinajstić information content (AvgIpc) is 2.59. The van der Waals surface area contributed by atoms with Gasteiger partial charge in [-0.15, -0.1) is 0 Å². The van der Waals surface area contributed by atoms with E-state index in [1.54, 1.807) is 0 Å². The molecule has 0 heterocycles. The molecule has 0 saturated heterocycles. The molecule has 2 unspecified atom stereocenters. The van der Waals surface area contributed by atoms with E-state index in [0.29, 0.717) is 11.8 Å². The number of carboxylic acid groups (broad SMARTS) is 1. The number of hydrogen-bond donors (Lipinski definition) is 3. The lowest BCUT2D eigenvalue weighted by molar-refractivity contribution is -0.139. The summed E-state index contributed by atoms with van der Waals surface area (Å²) >= 11 is 0. The largest absolute Gasteiger partial charge is 0.481 e. The van der Waals surface area contributed by atoms with Crippen LogP contribution in [0, 0.1) is 17.3 Å². The maximum Gasteiger partial charge on any atom is 0.305 e. The maximum atomic E-state index is 11.9. The van der Waals surface area contributed by atoms with Crippen LogP contribution in [0.2, 0.25) is 0 Å². The number of allylic oxidation sites excluding steroid dienone is 1. The van der Waals surface area contributed by atoms with Gasteiger partial charge in [-0.25, -0.2) is 0 Å². The Bertz CT molecular complexity index is 455. The summed E-state index contributed by atoms with van der Waals surface area (Å²) in [7, 11) is 0. The van der Waals surface area contributed by atoms with Gasteiger partial charge in [-0.3, -0.25) is 9.59 Å². The van der Waals surface area contributed by atoms with Gasteiger partial charge in [0.05, 0.1) is 18.0 Å². The van der Waals surface area contributed by atoms with Crippen molar-refractivity contribution in [1.82, 2.24) is 5.32 Å². The molecule has 5 nitrogen and oxygen atoms in total. The van der Waals surface area contributed by atoms with E-state index < -0.39 is 23.5 Å². The zero-order valence-electron chi connectivity index (χ0n) is 14.3. The number of carboxylic acids is 1. The fourth-order valence-corrected chi connectivity index (χ4v) is 3.24. The van der Waals surface area contributed by atoms with Crippen LogP contribution in [-0.4, -0.2) is 28.6 Å². The highest BCUT2D eigenvalue weighted by molar-refractivity contribution is 5.86. The molecule has 0 aliphatic heterocycles. The standard InChI is InChI=1S/C17H30N2O3/c1-11-6-8-16(2,3)12(11)7-9-17(4,5)19-15(22)13(18)10-14(20)21/h7,9,11-13H,6,8,10,18H2,1-5H3,(H,19,22)(H,20,21)/t11?,12?,13-/m0/s1. The van der Waals surface area contributed by atoms with Crippen LogP contribution in [0.4, 0.5) is 0 Å². The highest BCUT2D eigenvalue weighted by atomic mass is 16.4. The topological polar surface area (TPSA) is 92.4 Å². The van der Waals surface area contributed by atoms with E-state index in [2.05, 4.69) is 32.2 Å². The third-order valence-corrected chi connectivity index (χ3v) is 4.66. The molecule has 0 radical (unpaired) electrons. The van der Waals surface area contributed by atoms with E-state index in [4.69, 9.17) is 10.8 Å². The van der Waals surface area contributed by atoms with Gasteiger partial charge in [0.1, 0.15) is 0 Å². The van der Waals surface area contributed by atoms with Crippen LogP contribution in [0.1, 0.15) is 53.9 Å². The molecule has 0 aromatic carbocycles. The van der Waals surface area contributed by atoms with Crippen LogP contribution in [0.3, 0.4) is 0 Å². The molecule has 4 N–H and O–H groups in total. The number of carbonyl (C=O) groups is 2. The first-order valence-electron chi connectivity index (χ1n) is 7.93. The van der Waals surface area contributed by atoms with Gasteiger partial charge in [-0.05, 0) is 43.9 Å². The lowest BCUT2D eigenvalue weighted by Crippen LogP contribution is -2.50. The Morgan fingerprint density at radius 3 is 2.50 bits per heavy atom. The average molecular weight is 310 g/mol. The molecule has 0 bridgehead atoms. The van der Waals surface area contributed by atoms with Crippen LogP contribution < -0.4 is 11.1 Å². The van der Waals surface area contributed by atoms with Gasteiger partial charge in [0.15, 0.2) is 0 Å². The minimum absolute atomic E-state index is 0.274. The van der Waals surface area contributed by atoms with Crippen molar-refractivity contribution >= 4 is 11.9 Å². The molecule has 22 heavy (non-hydrogen) atoms. The second-order valence-corrected chi connectivity index (χ2v) is 7.80. The first-order valence-corrected chi connectivity index (χ1v) is 7.93. The van der Waals surface area contributed by atoms with E-state index in [0.717, 1.165) is 0 Å². The molecule has 1 aliphatic rings. The molecule has 0 spiro atoms. The van der Waals surface area contributed by atoms with Crippen molar-refractivity contribution in [2.24, 2.45) is 23.0 Å². The Balaban J connectivity index is 2.68. The van der Waals surface area contributed by atoms with Crippen molar-refractivity contribution in [3.63, 3.8) is 0 Å². The van der Waals surface area contributed by atoms with E-state index >= 15 is 0 Å². The van der Waals surface area contributed by atoms with Crippen molar-refractivity contribution in [3.8, 4) is 0 Å². The van der Waals surface area contributed by atoms with E-state index in [-0.39, 0.29) is 11.8 Å². The van der Waals surface area contributed by atoms with Crippen LogP contribution in [-0.2, 0) is 9.59 Å². The molecule has 1 amide bonds. The molecule has 0 aromatic heterocycles. The first-order chi connectivity index (χ1) is 9.94. The highest BCUT2D eigenvalue weighted by Gasteiger charge is 2.38. The van der Waals surface area contributed by atoms with Crippen molar-refractivity contribution in [1.29, 1.82) is 0 Å². The molecule has 3 atom stereocenters. The molecule has 1 rings (SSSR count). The Morgan fingerprint density at radius 2 is 2.05 bits per heavy atom. The smallest absolute Gasteiger partial charge is 0.305 e. The zero-order chi connectivity index (χ0) is 17.1. The molecule has 1 fully saturated rings. The Kier molecular flexibility index (Phi) is 5.79. The summed E-state index contributed by atoms with van der Waals surface area (Å²) in [5.41, 5.74) is 5.32. The highest BCUT2D eigenvalue weighted by Crippen LogP contribution is 2.47. The Labute approximate surface area is 133 Å². The van der Waals surface area contributed by atoms with Crippen molar-refractivity contribution in [2.75, 3.05) is 0 Å². The second-order valence-electron chi connectivity index (χ2n) is 7.80. The number of rotatable bonds is 6. The minimum atomic E-state index is -1.07. The number of nitrogens with one attached hydrogen (secondary N) is 1. The van der Waals surface area contributed by atoms with E-state index in [9.17, 15) is 9.59 Å². The Hall–Kier alpha value is -1.36. The zero-order valence-corrected chi connectivity index (χ0v) is 14.3. The lowest BCUT2D eigenvalue weighted by atomic mass is 9.78. The SMILES string of the molecule is CC1CCC(C)(C)C1C=CC(C)(C)NC(=O)[C@@H](N)CC(=O)O. The van der Waals surface area contributed by atoms with E-state index in [1.807, 2.05) is 19.9 Å². The first kappa shape index (κ1) is 18.7. The van der Waals surface area contributed by atoms with Gasteiger partial charge >= 0.3 is 5.97 Å². The molecule has 1 saturated carbocycles. The van der Waals surface area contributed by atoms with Gasteiger partial charge in [0.2, 0.25) is 5.91 Å². The molecule has 5 heteroatoms. The summed E-state index contributed by atoms with van der Waals surface area (Å²) in [5.74, 6) is -0.392. The van der Waals surface area contributed by atoms with Crippen LogP contribution in [0.5, 0.6) is 0 Å². The molecule has 0 aromatic rings. The van der Waals surface area contributed by atoms with Gasteiger partial charge in [-0.2, -0.15) is 0 Å². The fraction of sp³-hybridized carbons (Fsp3) is 0.765. The molecular weight excluding hydrogens is 280 g/mol. The molecule has 126 valence electrons. The van der Waals surface area contributed by atoms with Crippen molar-refractivity contribution in [3.05, 3.63) is 12.2 Å². The second kappa shape index (κ2) is 6.82. The quantitative estimate of drug-likeness (QED) is 0.656. The van der Waals surface area contributed by atoms with Gasteiger partial charge in [-0.1, -0.05) is 32.9 Å². The van der Waals surface area contributed by atoms with E-state index in [1.165, 1.54) is 12.8 Å². The number of amides is 1.